The summed E-state index contributed by atoms with van der Waals surface area (Å²) in [6.45, 7) is 3.07. The van der Waals surface area contributed by atoms with Gasteiger partial charge in [-0.05, 0) is 43.4 Å². The van der Waals surface area contributed by atoms with Crippen LogP contribution in [0.2, 0.25) is 0 Å². The molecule has 2 heteroatoms. The summed E-state index contributed by atoms with van der Waals surface area (Å²) in [5, 5.41) is 1.12. The van der Waals surface area contributed by atoms with Crippen molar-refractivity contribution in [2.45, 2.75) is 51.9 Å². The van der Waals surface area contributed by atoms with Crippen molar-refractivity contribution in [2.24, 2.45) is 0 Å². The summed E-state index contributed by atoms with van der Waals surface area (Å²) in [4.78, 5) is 0. The Hall–Kier alpha value is -0.500. The highest BCUT2D eigenvalue weighted by Gasteiger charge is 1.96. The van der Waals surface area contributed by atoms with Gasteiger partial charge in [0.25, 0.3) is 0 Å². The van der Waals surface area contributed by atoms with E-state index in [0.29, 0.717) is 0 Å². The molecule has 0 radical (unpaired) electrons. The van der Waals surface area contributed by atoms with Gasteiger partial charge in [-0.25, -0.2) is 0 Å². The zero-order valence-corrected chi connectivity index (χ0v) is 13.0. The molecule has 1 nitrogen and oxygen atoms in total. The molecule has 1 aromatic rings. The Morgan fingerprint density at radius 1 is 0.944 bits per heavy atom. The highest BCUT2D eigenvalue weighted by molar-refractivity contribution is 9.09. The first-order chi connectivity index (χ1) is 8.86. The minimum absolute atomic E-state index is 0.844. The molecule has 0 aliphatic heterocycles. The number of ether oxygens (including phenoxy) is 1. The summed E-state index contributed by atoms with van der Waals surface area (Å²) in [5.74, 6) is 1.01. The molecule has 0 saturated carbocycles. The number of halogens is 1. The van der Waals surface area contributed by atoms with E-state index in [4.69, 9.17) is 4.74 Å². The Morgan fingerprint density at radius 3 is 2.33 bits per heavy atom. The SMILES string of the molecule is CCCCc1ccc(OCCCCCCBr)cc1. The minimum Gasteiger partial charge on any atom is -0.494 e. The van der Waals surface area contributed by atoms with Crippen LogP contribution in [0.15, 0.2) is 24.3 Å². The van der Waals surface area contributed by atoms with Crippen LogP contribution in [0.3, 0.4) is 0 Å². The van der Waals surface area contributed by atoms with Crippen LogP contribution >= 0.6 is 15.9 Å². The Morgan fingerprint density at radius 2 is 1.67 bits per heavy atom. The van der Waals surface area contributed by atoms with Crippen molar-refractivity contribution in [3.63, 3.8) is 0 Å². The summed E-state index contributed by atoms with van der Waals surface area (Å²) >= 11 is 3.45. The second kappa shape index (κ2) is 10.4. The van der Waals surface area contributed by atoms with E-state index in [9.17, 15) is 0 Å². The van der Waals surface area contributed by atoms with E-state index >= 15 is 0 Å². The monoisotopic (exact) mass is 312 g/mol. The second-order valence-corrected chi connectivity index (χ2v) is 5.49. The van der Waals surface area contributed by atoms with Crippen LogP contribution in [0.4, 0.5) is 0 Å². The molecule has 0 aromatic heterocycles. The maximum Gasteiger partial charge on any atom is 0.119 e. The first kappa shape index (κ1) is 15.6. The predicted molar refractivity (Wildman–Crippen MR) is 82.8 cm³/mol. The zero-order valence-electron chi connectivity index (χ0n) is 11.5. The molecule has 0 amide bonds. The summed E-state index contributed by atoms with van der Waals surface area (Å²) in [6, 6.07) is 8.58. The number of hydrogen-bond donors (Lipinski definition) is 0. The Labute approximate surface area is 120 Å². The molecule has 102 valence electrons. The first-order valence-corrected chi connectivity index (χ1v) is 8.26. The largest absolute Gasteiger partial charge is 0.494 e. The summed E-state index contributed by atoms with van der Waals surface area (Å²) in [5.41, 5.74) is 1.42. The van der Waals surface area contributed by atoms with Crippen LogP contribution in [0.1, 0.15) is 51.0 Å². The van der Waals surface area contributed by atoms with Crippen LogP contribution in [0, 0.1) is 0 Å². The lowest BCUT2D eigenvalue weighted by molar-refractivity contribution is 0.305. The molecule has 0 aliphatic rings. The van der Waals surface area contributed by atoms with Gasteiger partial charge in [-0.2, -0.15) is 0 Å². The standard InChI is InChI=1S/C16H25BrO/c1-2-3-8-15-9-11-16(12-10-15)18-14-7-5-4-6-13-17/h9-12H,2-8,13-14H2,1H3. The summed E-state index contributed by atoms with van der Waals surface area (Å²) in [7, 11) is 0. The lowest BCUT2D eigenvalue weighted by atomic mass is 10.1. The molecule has 1 aromatic carbocycles. The smallest absolute Gasteiger partial charge is 0.119 e. The molecule has 1 rings (SSSR count). The lowest BCUT2D eigenvalue weighted by Crippen LogP contribution is -1.97. The Kier molecular flexibility index (Phi) is 9.01. The van der Waals surface area contributed by atoms with Gasteiger partial charge in [0.2, 0.25) is 0 Å². The third kappa shape index (κ3) is 7.05. The van der Waals surface area contributed by atoms with E-state index in [1.165, 1.54) is 44.1 Å². The number of benzene rings is 1. The Bertz CT molecular complexity index is 294. The fraction of sp³-hybridized carbons (Fsp3) is 0.625. The average molecular weight is 313 g/mol. The molecule has 0 heterocycles. The molecule has 0 bridgehead atoms. The van der Waals surface area contributed by atoms with Gasteiger partial charge in [-0.15, -0.1) is 0 Å². The fourth-order valence-corrected chi connectivity index (χ4v) is 2.27. The lowest BCUT2D eigenvalue weighted by Gasteiger charge is -2.07. The molecule has 0 atom stereocenters. The van der Waals surface area contributed by atoms with E-state index in [-0.39, 0.29) is 0 Å². The van der Waals surface area contributed by atoms with Crippen LogP contribution in [0.5, 0.6) is 5.75 Å². The van der Waals surface area contributed by atoms with Gasteiger partial charge < -0.3 is 4.74 Å². The molecule has 0 spiro atoms. The van der Waals surface area contributed by atoms with Crippen molar-refractivity contribution < 1.29 is 4.74 Å². The van der Waals surface area contributed by atoms with Crippen molar-refractivity contribution in [1.82, 2.24) is 0 Å². The predicted octanol–water partition coefficient (Wildman–Crippen LogP) is 5.36. The maximum absolute atomic E-state index is 5.73. The topological polar surface area (TPSA) is 9.23 Å². The highest BCUT2D eigenvalue weighted by atomic mass is 79.9. The molecular weight excluding hydrogens is 288 g/mol. The fourth-order valence-electron chi connectivity index (χ4n) is 1.87. The number of unbranched alkanes of at least 4 members (excludes halogenated alkanes) is 4. The summed E-state index contributed by atoms with van der Waals surface area (Å²) in [6.07, 6.45) is 8.70. The normalized spacial score (nSPS) is 10.6. The van der Waals surface area contributed by atoms with E-state index in [1.54, 1.807) is 0 Å². The number of aryl methyl sites for hydroxylation is 1. The van der Waals surface area contributed by atoms with Crippen LogP contribution in [-0.4, -0.2) is 11.9 Å². The van der Waals surface area contributed by atoms with E-state index < -0.39 is 0 Å². The van der Waals surface area contributed by atoms with Crippen molar-refractivity contribution in [3.8, 4) is 5.75 Å². The van der Waals surface area contributed by atoms with Crippen LogP contribution < -0.4 is 4.74 Å². The van der Waals surface area contributed by atoms with E-state index in [2.05, 4.69) is 47.1 Å². The third-order valence-electron chi connectivity index (χ3n) is 3.04. The van der Waals surface area contributed by atoms with Crippen LogP contribution in [-0.2, 0) is 6.42 Å². The first-order valence-electron chi connectivity index (χ1n) is 7.14. The molecule has 18 heavy (non-hydrogen) atoms. The number of hydrogen-bond acceptors (Lipinski definition) is 1. The van der Waals surface area contributed by atoms with Gasteiger partial charge in [-0.3, -0.25) is 0 Å². The number of alkyl halides is 1. The highest BCUT2D eigenvalue weighted by Crippen LogP contribution is 2.14. The van der Waals surface area contributed by atoms with Crippen molar-refractivity contribution in [1.29, 1.82) is 0 Å². The van der Waals surface area contributed by atoms with Crippen molar-refractivity contribution in [3.05, 3.63) is 29.8 Å². The van der Waals surface area contributed by atoms with Gasteiger partial charge in [0.15, 0.2) is 0 Å². The molecular formula is C16H25BrO. The maximum atomic E-state index is 5.73. The van der Waals surface area contributed by atoms with Gasteiger partial charge >= 0.3 is 0 Å². The van der Waals surface area contributed by atoms with Gasteiger partial charge in [0.05, 0.1) is 6.61 Å². The molecule has 0 saturated heterocycles. The Balaban J connectivity index is 2.14. The third-order valence-corrected chi connectivity index (χ3v) is 3.60. The average Bonchev–Trinajstić information content (AvgIpc) is 2.42. The molecule has 0 N–H and O–H groups in total. The molecule has 0 fully saturated rings. The molecule has 0 unspecified atom stereocenters. The van der Waals surface area contributed by atoms with Gasteiger partial charge in [0.1, 0.15) is 5.75 Å². The van der Waals surface area contributed by atoms with E-state index in [0.717, 1.165) is 24.1 Å². The minimum atomic E-state index is 0.844. The number of rotatable bonds is 10. The molecule has 0 aliphatic carbocycles. The second-order valence-electron chi connectivity index (χ2n) is 4.70. The van der Waals surface area contributed by atoms with E-state index in [1.807, 2.05) is 0 Å². The van der Waals surface area contributed by atoms with Gasteiger partial charge in [-0.1, -0.05) is 54.2 Å². The van der Waals surface area contributed by atoms with Crippen molar-refractivity contribution >= 4 is 15.9 Å². The van der Waals surface area contributed by atoms with Crippen LogP contribution in [0.25, 0.3) is 0 Å². The quantitative estimate of drug-likeness (QED) is 0.417. The zero-order chi connectivity index (χ0) is 13.1. The van der Waals surface area contributed by atoms with Crippen molar-refractivity contribution in [2.75, 3.05) is 11.9 Å². The summed E-state index contributed by atoms with van der Waals surface area (Å²) < 4.78 is 5.73. The van der Waals surface area contributed by atoms with Gasteiger partial charge in [0, 0.05) is 5.33 Å².